The Morgan fingerprint density at radius 2 is 1.92 bits per heavy atom. The van der Waals surface area contributed by atoms with Crippen LogP contribution in [0.2, 0.25) is 0 Å². The van der Waals surface area contributed by atoms with Crippen molar-refractivity contribution in [3.8, 4) is 0 Å². The number of carbonyl (C=O) groups is 1. The average Bonchev–Trinajstić information content (AvgIpc) is 2.57. The molecule has 2 heteroatoms. The number of hydrogen-bond donors (Lipinski definition) is 1. The summed E-state index contributed by atoms with van der Waals surface area (Å²) in [5.41, 5.74) is 0. The molecule has 1 saturated heterocycles. The van der Waals surface area contributed by atoms with Crippen LogP contribution >= 0.6 is 0 Å². The first-order chi connectivity index (χ1) is 5.88. The van der Waals surface area contributed by atoms with Crippen molar-refractivity contribution in [1.82, 2.24) is 5.32 Å². The lowest BCUT2D eigenvalue weighted by molar-refractivity contribution is -0.123. The molecule has 1 aliphatic carbocycles. The van der Waals surface area contributed by atoms with Gasteiger partial charge in [0.1, 0.15) is 5.78 Å². The van der Waals surface area contributed by atoms with Crippen molar-refractivity contribution >= 4 is 5.78 Å². The van der Waals surface area contributed by atoms with Gasteiger partial charge in [-0.1, -0.05) is 12.8 Å². The quantitative estimate of drug-likeness (QED) is 0.641. The zero-order valence-corrected chi connectivity index (χ0v) is 7.51. The first-order valence-electron chi connectivity index (χ1n) is 5.14. The summed E-state index contributed by atoms with van der Waals surface area (Å²) in [6, 6.07) is 0.223. The number of piperidine rings is 1. The van der Waals surface area contributed by atoms with Gasteiger partial charge in [-0.05, 0) is 31.7 Å². The van der Waals surface area contributed by atoms with Gasteiger partial charge in [0.2, 0.25) is 0 Å². The van der Waals surface area contributed by atoms with E-state index in [1.165, 1.54) is 25.7 Å². The number of carbonyl (C=O) groups excluding carboxylic acids is 1. The van der Waals surface area contributed by atoms with Gasteiger partial charge in [0.25, 0.3) is 0 Å². The zero-order valence-electron chi connectivity index (χ0n) is 7.51. The average molecular weight is 167 g/mol. The Balaban J connectivity index is 1.95. The van der Waals surface area contributed by atoms with E-state index >= 15 is 0 Å². The highest BCUT2D eigenvalue weighted by Crippen LogP contribution is 2.29. The second-order valence-electron chi connectivity index (χ2n) is 4.05. The highest BCUT2D eigenvalue weighted by atomic mass is 16.1. The summed E-state index contributed by atoms with van der Waals surface area (Å²) in [5.74, 6) is 1.13. The second kappa shape index (κ2) is 3.56. The third-order valence-electron chi connectivity index (χ3n) is 3.18. The van der Waals surface area contributed by atoms with Gasteiger partial charge in [0.15, 0.2) is 0 Å². The van der Waals surface area contributed by atoms with Gasteiger partial charge in [-0.15, -0.1) is 0 Å². The summed E-state index contributed by atoms with van der Waals surface area (Å²) in [6.07, 6.45) is 7.05. The molecule has 0 aromatic heterocycles. The lowest BCUT2D eigenvalue weighted by Crippen LogP contribution is -2.46. The highest BCUT2D eigenvalue weighted by Gasteiger charge is 2.31. The molecule has 2 fully saturated rings. The first-order valence-corrected chi connectivity index (χ1v) is 5.14. The predicted molar refractivity (Wildman–Crippen MR) is 48.0 cm³/mol. The van der Waals surface area contributed by atoms with E-state index in [2.05, 4.69) is 5.32 Å². The minimum Gasteiger partial charge on any atom is -0.307 e. The van der Waals surface area contributed by atoms with Crippen LogP contribution in [0.25, 0.3) is 0 Å². The maximum Gasteiger partial charge on any atom is 0.150 e. The molecule has 1 atom stereocenters. The molecule has 68 valence electrons. The molecule has 1 heterocycles. The van der Waals surface area contributed by atoms with Crippen molar-refractivity contribution in [2.45, 2.75) is 44.6 Å². The summed E-state index contributed by atoms with van der Waals surface area (Å²) in [4.78, 5) is 11.5. The fourth-order valence-corrected chi connectivity index (χ4v) is 2.51. The van der Waals surface area contributed by atoms with Gasteiger partial charge in [0, 0.05) is 6.42 Å². The van der Waals surface area contributed by atoms with E-state index < -0.39 is 0 Å². The van der Waals surface area contributed by atoms with Crippen LogP contribution < -0.4 is 5.32 Å². The lowest BCUT2D eigenvalue weighted by atomic mass is 9.90. The number of Topliss-reactive ketones (excluding diaryl/α,β-unsaturated/α-hetero) is 1. The molecular weight excluding hydrogens is 150 g/mol. The molecule has 0 radical (unpaired) electrons. The van der Waals surface area contributed by atoms with E-state index in [0.29, 0.717) is 11.7 Å². The van der Waals surface area contributed by atoms with E-state index in [4.69, 9.17) is 0 Å². The first kappa shape index (κ1) is 8.24. The second-order valence-corrected chi connectivity index (χ2v) is 4.05. The van der Waals surface area contributed by atoms with Crippen molar-refractivity contribution in [3.05, 3.63) is 0 Å². The molecular formula is C10H17NO. The minimum absolute atomic E-state index is 0.223. The van der Waals surface area contributed by atoms with Crippen LogP contribution in [0.5, 0.6) is 0 Å². The number of rotatable bonds is 1. The standard InChI is InChI=1S/C10H17NO/c12-9-6-3-7-11-10(9)8-4-1-2-5-8/h8,10-11H,1-7H2. The molecule has 2 nitrogen and oxygen atoms in total. The summed E-state index contributed by atoms with van der Waals surface area (Å²) >= 11 is 0. The van der Waals surface area contributed by atoms with Crippen molar-refractivity contribution in [2.75, 3.05) is 6.54 Å². The van der Waals surface area contributed by atoms with Gasteiger partial charge >= 0.3 is 0 Å². The Bertz CT molecular complexity index is 173. The van der Waals surface area contributed by atoms with E-state index in [-0.39, 0.29) is 6.04 Å². The summed E-state index contributed by atoms with van der Waals surface area (Å²) < 4.78 is 0. The van der Waals surface area contributed by atoms with E-state index in [9.17, 15) is 4.79 Å². The van der Waals surface area contributed by atoms with Crippen LogP contribution in [-0.2, 0) is 4.79 Å². The molecule has 1 N–H and O–H groups in total. The van der Waals surface area contributed by atoms with Gasteiger partial charge in [0.05, 0.1) is 6.04 Å². The molecule has 0 aromatic rings. The fraction of sp³-hybridized carbons (Fsp3) is 0.900. The monoisotopic (exact) mass is 167 g/mol. The fourth-order valence-electron chi connectivity index (χ4n) is 2.51. The Morgan fingerprint density at radius 3 is 2.58 bits per heavy atom. The molecule has 12 heavy (non-hydrogen) atoms. The summed E-state index contributed by atoms with van der Waals surface area (Å²) in [6.45, 7) is 1.05. The van der Waals surface area contributed by atoms with E-state index in [0.717, 1.165) is 19.4 Å². The van der Waals surface area contributed by atoms with Crippen molar-refractivity contribution in [3.63, 3.8) is 0 Å². The van der Waals surface area contributed by atoms with Crippen molar-refractivity contribution < 1.29 is 4.79 Å². The molecule has 0 aromatic carbocycles. The minimum atomic E-state index is 0.223. The highest BCUT2D eigenvalue weighted by molar-refractivity contribution is 5.85. The van der Waals surface area contributed by atoms with E-state index in [1.54, 1.807) is 0 Å². The molecule has 0 amide bonds. The van der Waals surface area contributed by atoms with Crippen LogP contribution in [0.3, 0.4) is 0 Å². The van der Waals surface area contributed by atoms with Crippen molar-refractivity contribution in [1.29, 1.82) is 0 Å². The third-order valence-corrected chi connectivity index (χ3v) is 3.18. The third kappa shape index (κ3) is 1.53. The van der Waals surface area contributed by atoms with Crippen LogP contribution in [0, 0.1) is 5.92 Å². The Kier molecular flexibility index (Phi) is 2.45. The molecule has 0 bridgehead atoms. The van der Waals surface area contributed by atoms with Gasteiger partial charge in [-0.3, -0.25) is 4.79 Å². The van der Waals surface area contributed by atoms with Gasteiger partial charge < -0.3 is 5.32 Å². The van der Waals surface area contributed by atoms with Gasteiger partial charge in [-0.25, -0.2) is 0 Å². The molecule has 1 saturated carbocycles. The van der Waals surface area contributed by atoms with E-state index in [1.807, 2.05) is 0 Å². The molecule has 0 spiro atoms. The van der Waals surface area contributed by atoms with Crippen LogP contribution in [0.15, 0.2) is 0 Å². The SMILES string of the molecule is O=C1CCCNC1C1CCCC1. The predicted octanol–water partition coefficient (Wildman–Crippen LogP) is 1.50. The molecule has 1 unspecified atom stereocenters. The molecule has 2 aliphatic rings. The van der Waals surface area contributed by atoms with Gasteiger partial charge in [-0.2, -0.15) is 0 Å². The molecule has 2 rings (SSSR count). The number of ketones is 1. The Hall–Kier alpha value is -0.370. The van der Waals surface area contributed by atoms with Crippen LogP contribution in [-0.4, -0.2) is 18.4 Å². The smallest absolute Gasteiger partial charge is 0.150 e. The maximum atomic E-state index is 11.5. The topological polar surface area (TPSA) is 29.1 Å². The number of nitrogens with one attached hydrogen (secondary N) is 1. The maximum absolute atomic E-state index is 11.5. The number of hydrogen-bond acceptors (Lipinski definition) is 2. The molecule has 1 aliphatic heterocycles. The van der Waals surface area contributed by atoms with Crippen molar-refractivity contribution in [2.24, 2.45) is 5.92 Å². The largest absolute Gasteiger partial charge is 0.307 e. The Labute approximate surface area is 73.7 Å². The zero-order chi connectivity index (χ0) is 8.39. The summed E-state index contributed by atoms with van der Waals surface area (Å²) in [7, 11) is 0. The normalized spacial score (nSPS) is 32.7. The van der Waals surface area contributed by atoms with Crippen LogP contribution in [0.1, 0.15) is 38.5 Å². The van der Waals surface area contributed by atoms with Crippen LogP contribution in [0.4, 0.5) is 0 Å². The lowest BCUT2D eigenvalue weighted by Gasteiger charge is -2.27. The summed E-state index contributed by atoms with van der Waals surface area (Å²) in [5, 5.41) is 3.36. The Morgan fingerprint density at radius 1 is 1.17 bits per heavy atom.